The maximum Gasteiger partial charge on any atom is 0.319 e. The normalized spacial score (nSPS) is 12.4. The summed E-state index contributed by atoms with van der Waals surface area (Å²) in [4.78, 5) is 0. The van der Waals surface area contributed by atoms with Gasteiger partial charge in [-0.25, -0.2) is 8.78 Å². The lowest BCUT2D eigenvalue weighted by atomic mass is 10.3. The van der Waals surface area contributed by atoms with Crippen molar-refractivity contribution in [3.63, 3.8) is 0 Å². The van der Waals surface area contributed by atoms with Crippen LogP contribution in [0, 0.1) is 0 Å². The first kappa shape index (κ1) is 15.6. The lowest BCUT2D eigenvalue weighted by Gasteiger charge is -2.15. The average molecular weight is 247 g/mol. The van der Waals surface area contributed by atoms with Crippen LogP contribution in [0.5, 0.6) is 0 Å². The maximum atomic E-state index is 12.4. The zero-order valence-corrected chi connectivity index (χ0v) is 9.15. The third-order valence-corrected chi connectivity index (χ3v) is 1.74. The molecule has 0 aromatic rings. The summed E-state index contributed by atoms with van der Waals surface area (Å²) in [6, 6.07) is 0. The van der Waals surface area contributed by atoms with Crippen LogP contribution in [0.3, 0.4) is 0 Å². The molecule has 0 bridgehead atoms. The Bertz CT molecular complexity index is 170. The van der Waals surface area contributed by atoms with E-state index in [4.69, 9.17) is 9.47 Å². The van der Waals surface area contributed by atoms with Gasteiger partial charge < -0.3 is 14.8 Å². The van der Waals surface area contributed by atoms with E-state index >= 15 is 0 Å². The van der Waals surface area contributed by atoms with Crippen molar-refractivity contribution in [1.29, 1.82) is 0 Å². The molecule has 7 heteroatoms. The van der Waals surface area contributed by atoms with Crippen molar-refractivity contribution >= 4 is 0 Å². The van der Waals surface area contributed by atoms with Gasteiger partial charge in [-0.3, -0.25) is 0 Å². The number of halogens is 4. The fraction of sp³-hybridized carbons (Fsp3) is 1.00. The molecule has 1 N–H and O–H groups in total. The van der Waals surface area contributed by atoms with Gasteiger partial charge in [-0.2, -0.15) is 8.78 Å². The van der Waals surface area contributed by atoms with E-state index in [-0.39, 0.29) is 13.2 Å². The topological polar surface area (TPSA) is 30.5 Å². The van der Waals surface area contributed by atoms with Crippen LogP contribution in [0.25, 0.3) is 0 Å². The highest BCUT2D eigenvalue weighted by Crippen LogP contribution is 2.21. The fourth-order valence-corrected chi connectivity index (χ4v) is 0.884. The Morgan fingerprint density at radius 3 is 2.44 bits per heavy atom. The molecule has 0 aliphatic heterocycles. The Morgan fingerprint density at radius 1 is 1.19 bits per heavy atom. The van der Waals surface area contributed by atoms with Gasteiger partial charge in [0.05, 0.1) is 13.2 Å². The van der Waals surface area contributed by atoms with Gasteiger partial charge in [-0.1, -0.05) is 0 Å². The SMILES string of the molecule is COCCCOCCNCC(F)(F)C(F)F. The minimum atomic E-state index is -3.98. The highest BCUT2D eigenvalue weighted by atomic mass is 19.3. The average Bonchev–Trinajstić information content (AvgIpc) is 2.21. The number of ether oxygens (including phenoxy) is 2. The fourth-order valence-electron chi connectivity index (χ4n) is 0.884. The van der Waals surface area contributed by atoms with Gasteiger partial charge in [0.15, 0.2) is 0 Å². The van der Waals surface area contributed by atoms with Gasteiger partial charge in [0.1, 0.15) is 0 Å². The zero-order chi connectivity index (χ0) is 12.4. The molecule has 16 heavy (non-hydrogen) atoms. The summed E-state index contributed by atoms with van der Waals surface area (Å²) in [5, 5.41) is 2.21. The van der Waals surface area contributed by atoms with E-state index in [0.29, 0.717) is 19.6 Å². The van der Waals surface area contributed by atoms with Gasteiger partial charge in [0.25, 0.3) is 0 Å². The molecular weight excluding hydrogens is 230 g/mol. The van der Waals surface area contributed by atoms with Gasteiger partial charge in [-0.15, -0.1) is 0 Å². The summed E-state index contributed by atoms with van der Waals surface area (Å²) in [5.74, 6) is -3.98. The second kappa shape index (κ2) is 8.72. The van der Waals surface area contributed by atoms with Crippen LogP contribution in [0.15, 0.2) is 0 Å². The molecule has 0 aliphatic rings. The molecule has 0 spiro atoms. The smallest absolute Gasteiger partial charge is 0.319 e. The second-order valence-corrected chi connectivity index (χ2v) is 3.20. The Morgan fingerprint density at radius 2 is 1.88 bits per heavy atom. The van der Waals surface area contributed by atoms with Crippen molar-refractivity contribution in [2.24, 2.45) is 0 Å². The summed E-state index contributed by atoms with van der Waals surface area (Å²) < 4.78 is 57.9. The molecular formula is C9H17F4NO2. The number of hydrogen-bond acceptors (Lipinski definition) is 3. The molecule has 3 nitrogen and oxygen atoms in total. The lowest BCUT2D eigenvalue weighted by molar-refractivity contribution is -0.125. The van der Waals surface area contributed by atoms with E-state index in [9.17, 15) is 17.6 Å². The largest absolute Gasteiger partial charge is 0.385 e. The summed E-state index contributed by atoms with van der Waals surface area (Å²) in [5.41, 5.74) is 0. The molecule has 0 amide bonds. The Hall–Kier alpha value is -0.400. The monoisotopic (exact) mass is 247 g/mol. The van der Waals surface area contributed by atoms with E-state index in [0.717, 1.165) is 0 Å². The first-order valence-electron chi connectivity index (χ1n) is 4.94. The van der Waals surface area contributed by atoms with Crippen molar-refractivity contribution in [1.82, 2.24) is 5.32 Å². The van der Waals surface area contributed by atoms with Crippen molar-refractivity contribution in [2.45, 2.75) is 18.8 Å². The minimum absolute atomic E-state index is 0.120. The highest BCUT2D eigenvalue weighted by molar-refractivity contribution is 4.71. The number of rotatable bonds is 10. The van der Waals surface area contributed by atoms with Gasteiger partial charge >= 0.3 is 12.3 Å². The number of methoxy groups -OCH3 is 1. The molecule has 0 rings (SSSR count). The zero-order valence-electron chi connectivity index (χ0n) is 9.15. The number of hydrogen-bond donors (Lipinski definition) is 1. The molecule has 0 saturated heterocycles. The van der Waals surface area contributed by atoms with Crippen molar-refractivity contribution in [3.05, 3.63) is 0 Å². The van der Waals surface area contributed by atoms with E-state index in [2.05, 4.69) is 5.32 Å². The molecule has 0 atom stereocenters. The standard InChI is InChI=1S/C9H17F4NO2/c1-15-4-2-5-16-6-3-14-7-9(12,13)8(10)11/h8,14H,2-7H2,1H3. The van der Waals surface area contributed by atoms with E-state index < -0.39 is 18.9 Å². The van der Waals surface area contributed by atoms with E-state index in [1.807, 2.05) is 0 Å². The molecule has 0 aromatic heterocycles. The predicted octanol–water partition coefficient (Wildman–Crippen LogP) is 1.53. The Balaban J connectivity index is 3.27. The Labute approximate surface area is 92.1 Å². The minimum Gasteiger partial charge on any atom is -0.385 e. The van der Waals surface area contributed by atoms with Crippen LogP contribution in [0.1, 0.15) is 6.42 Å². The third kappa shape index (κ3) is 7.84. The maximum absolute atomic E-state index is 12.4. The van der Waals surface area contributed by atoms with Crippen molar-refractivity contribution in [2.75, 3.05) is 40.0 Å². The van der Waals surface area contributed by atoms with Crippen LogP contribution >= 0.6 is 0 Å². The molecule has 0 heterocycles. The van der Waals surface area contributed by atoms with Crippen molar-refractivity contribution in [3.8, 4) is 0 Å². The molecule has 0 unspecified atom stereocenters. The van der Waals surface area contributed by atoms with Crippen LogP contribution in [-0.4, -0.2) is 52.4 Å². The van der Waals surface area contributed by atoms with Gasteiger partial charge in [0.2, 0.25) is 0 Å². The van der Waals surface area contributed by atoms with Crippen molar-refractivity contribution < 1.29 is 27.0 Å². The van der Waals surface area contributed by atoms with E-state index in [1.165, 1.54) is 0 Å². The quantitative estimate of drug-likeness (QED) is 0.469. The lowest BCUT2D eigenvalue weighted by Crippen LogP contribution is -2.39. The second-order valence-electron chi connectivity index (χ2n) is 3.20. The van der Waals surface area contributed by atoms with Crippen LogP contribution in [0.4, 0.5) is 17.6 Å². The molecule has 0 fully saturated rings. The number of alkyl halides is 4. The van der Waals surface area contributed by atoms with Crippen LogP contribution in [0.2, 0.25) is 0 Å². The highest BCUT2D eigenvalue weighted by Gasteiger charge is 2.39. The van der Waals surface area contributed by atoms with Gasteiger partial charge in [0, 0.05) is 26.9 Å². The molecule has 0 aliphatic carbocycles. The summed E-state index contributed by atoms with van der Waals surface area (Å²) in [6.45, 7) is 0.321. The van der Waals surface area contributed by atoms with E-state index in [1.54, 1.807) is 7.11 Å². The first-order chi connectivity index (χ1) is 7.50. The van der Waals surface area contributed by atoms with Gasteiger partial charge in [-0.05, 0) is 6.42 Å². The third-order valence-electron chi connectivity index (χ3n) is 1.74. The molecule has 0 saturated carbocycles. The molecule has 0 aromatic carbocycles. The summed E-state index contributed by atoms with van der Waals surface area (Å²) in [7, 11) is 1.56. The predicted molar refractivity (Wildman–Crippen MR) is 51.1 cm³/mol. The molecule has 0 radical (unpaired) electrons. The first-order valence-corrected chi connectivity index (χ1v) is 4.94. The summed E-state index contributed by atoms with van der Waals surface area (Å²) >= 11 is 0. The number of nitrogens with one attached hydrogen (secondary N) is 1. The Kier molecular flexibility index (Phi) is 8.50. The van der Waals surface area contributed by atoms with Crippen LogP contribution < -0.4 is 5.32 Å². The molecule has 98 valence electrons. The van der Waals surface area contributed by atoms with Crippen LogP contribution in [-0.2, 0) is 9.47 Å². The summed E-state index contributed by atoms with van der Waals surface area (Å²) in [6.07, 6.45) is -2.92.